The Labute approximate surface area is 69.5 Å². The van der Waals surface area contributed by atoms with Crippen molar-refractivity contribution in [2.45, 2.75) is 41.5 Å². The lowest BCUT2D eigenvalue weighted by Gasteiger charge is -2.26. The van der Waals surface area contributed by atoms with Gasteiger partial charge in [-0.25, -0.2) is 4.39 Å². The zero-order valence-electron chi connectivity index (χ0n) is 8.46. The SMILES string of the molecule is CC(C)=C(F)[C@H](C)C(C)(C)C. The van der Waals surface area contributed by atoms with Crippen molar-refractivity contribution >= 4 is 0 Å². The monoisotopic (exact) mass is 158 g/mol. The number of hydrogen-bond donors (Lipinski definition) is 0. The fourth-order valence-corrected chi connectivity index (χ4v) is 0.813. The molecule has 0 aliphatic carbocycles. The van der Waals surface area contributed by atoms with Crippen molar-refractivity contribution in [1.29, 1.82) is 0 Å². The molecule has 0 aromatic heterocycles. The third-order valence-electron chi connectivity index (χ3n) is 2.16. The Kier molecular flexibility index (Phi) is 3.28. The van der Waals surface area contributed by atoms with Gasteiger partial charge in [0.2, 0.25) is 0 Å². The predicted molar refractivity (Wildman–Crippen MR) is 48.1 cm³/mol. The van der Waals surface area contributed by atoms with Crippen LogP contribution in [0.1, 0.15) is 41.5 Å². The van der Waals surface area contributed by atoms with Crippen LogP contribution >= 0.6 is 0 Å². The van der Waals surface area contributed by atoms with E-state index in [0.29, 0.717) is 0 Å². The molecule has 0 aromatic carbocycles. The summed E-state index contributed by atoms with van der Waals surface area (Å²) in [5.74, 6) is 0.0602. The maximum absolute atomic E-state index is 13.3. The van der Waals surface area contributed by atoms with Crippen molar-refractivity contribution in [3.63, 3.8) is 0 Å². The fourth-order valence-electron chi connectivity index (χ4n) is 0.813. The van der Waals surface area contributed by atoms with Crippen LogP contribution in [0.4, 0.5) is 4.39 Å². The highest BCUT2D eigenvalue weighted by atomic mass is 19.1. The smallest absolute Gasteiger partial charge is 0.102 e. The van der Waals surface area contributed by atoms with Gasteiger partial charge in [0.15, 0.2) is 0 Å². The molecule has 0 fully saturated rings. The van der Waals surface area contributed by atoms with Crippen molar-refractivity contribution < 1.29 is 4.39 Å². The van der Waals surface area contributed by atoms with E-state index in [1.807, 2.05) is 20.8 Å². The lowest BCUT2D eigenvalue weighted by molar-refractivity contribution is 0.260. The maximum atomic E-state index is 13.3. The summed E-state index contributed by atoms with van der Waals surface area (Å²) in [7, 11) is 0. The van der Waals surface area contributed by atoms with E-state index < -0.39 is 0 Å². The van der Waals surface area contributed by atoms with E-state index in [0.717, 1.165) is 5.57 Å². The second-order valence-electron chi connectivity index (χ2n) is 4.44. The van der Waals surface area contributed by atoms with Gasteiger partial charge in [-0.3, -0.25) is 0 Å². The summed E-state index contributed by atoms with van der Waals surface area (Å²) in [5.41, 5.74) is 0.828. The number of rotatable bonds is 1. The third kappa shape index (κ3) is 3.04. The largest absolute Gasteiger partial charge is 0.212 e. The van der Waals surface area contributed by atoms with Crippen molar-refractivity contribution in [1.82, 2.24) is 0 Å². The van der Waals surface area contributed by atoms with E-state index in [1.54, 1.807) is 0 Å². The van der Waals surface area contributed by atoms with E-state index in [2.05, 4.69) is 20.8 Å². The minimum atomic E-state index is 0.0208. The van der Waals surface area contributed by atoms with Gasteiger partial charge in [0, 0.05) is 5.92 Å². The van der Waals surface area contributed by atoms with Gasteiger partial charge in [0.05, 0.1) is 0 Å². The van der Waals surface area contributed by atoms with E-state index in [4.69, 9.17) is 0 Å². The molecule has 0 bridgehead atoms. The summed E-state index contributed by atoms with van der Waals surface area (Å²) >= 11 is 0. The molecule has 0 N–H and O–H groups in total. The van der Waals surface area contributed by atoms with Crippen LogP contribution < -0.4 is 0 Å². The van der Waals surface area contributed by atoms with Crippen molar-refractivity contribution in [3.05, 3.63) is 11.4 Å². The predicted octanol–water partition coefficient (Wildman–Crippen LogP) is 3.93. The maximum Gasteiger partial charge on any atom is 0.102 e. The topological polar surface area (TPSA) is 0 Å². The van der Waals surface area contributed by atoms with E-state index >= 15 is 0 Å². The van der Waals surface area contributed by atoms with Gasteiger partial charge in [-0.2, -0.15) is 0 Å². The lowest BCUT2D eigenvalue weighted by atomic mass is 9.80. The molecule has 1 heteroatoms. The highest BCUT2D eigenvalue weighted by molar-refractivity contribution is 5.07. The summed E-state index contributed by atoms with van der Waals surface area (Å²) in [5, 5.41) is 0. The summed E-state index contributed by atoms with van der Waals surface area (Å²) in [6.45, 7) is 11.7. The van der Waals surface area contributed by atoms with Gasteiger partial charge in [0.1, 0.15) is 5.83 Å². The molecule has 1 atom stereocenters. The molecule has 66 valence electrons. The average Bonchev–Trinajstić information content (AvgIpc) is 1.82. The first-order chi connectivity index (χ1) is 4.76. The molecule has 0 radical (unpaired) electrons. The molecular formula is C10H19F. The van der Waals surface area contributed by atoms with Gasteiger partial charge in [-0.1, -0.05) is 27.7 Å². The molecule has 0 aliphatic rings. The minimum Gasteiger partial charge on any atom is -0.212 e. The average molecular weight is 158 g/mol. The Hall–Kier alpha value is -0.330. The van der Waals surface area contributed by atoms with Gasteiger partial charge in [-0.15, -0.1) is 0 Å². The molecule has 0 aromatic rings. The second kappa shape index (κ2) is 3.38. The first kappa shape index (κ1) is 10.7. The van der Waals surface area contributed by atoms with Gasteiger partial charge in [-0.05, 0) is 24.8 Å². The highest BCUT2D eigenvalue weighted by Gasteiger charge is 2.24. The molecule has 0 rings (SSSR count). The van der Waals surface area contributed by atoms with Crippen molar-refractivity contribution in [3.8, 4) is 0 Å². The van der Waals surface area contributed by atoms with Crippen LogP contribution in [0.3, 0.4) is 0 Å². The molecule has 0 heterocycles. The first-order valence-corrected chi connectivity index (χ1v) is 4.09. The van der Waals surface area contributed by atoms with Crippen LogP contribution in [-0.4, -0.2) is 0 Å². The molecule has 0 amide bonds. The summed E-state index contributed by atoms with van der Waals surface area (Å²) < 4.78 is 13.3. The lowest BCUT2D eigenvalue weighted by Crippen LogP contribution is -2.18. The first-order valence-electron chi connectivity index (χ1n) is 4.09. The zero-order chi connectivity index (χ0) is 9.23. The summed E-state index contributed by atoms with van der Waals surface area (Å²) in [6, 6.07) is 0. The standard InChI is InChI=1S/C10H19F/c1-7(2)9(11)8(3)10(4,5)6/h8H,1-6H3/t8-/m0/s1. The van der Waals surface area contributed by atoms with Crippen LogP contribution in [0.25, 0.3) is 0 Å². The molecule has 0 nitrogen and oxygen atoms in total. The van der Waals surface area contributed by atoms with Crippen LogP contribution in [0.2, 0.25) is 0 Å². The third-order valence-corrected chi connectivity index (χ3v) is 2.16. The second-order valence-corrected chi connectivity index (χ2v) is 4.44. The Balaban J connectivity index is 4.52. The van der Waals surface area contributed by atoms with Crippen molar-refractivity contribution in [2.24, 2.45) is 11.3 Å². The van der Waals surface area contributed by atoms with Crippen LogP contribution in [0, 0.1) is 11.3 Å². The Morgan fingerprint density at radius 1 is 1.18 bits per heavy atom. The van der Waals surface area contributed by atoms with Crippen LogP contribution in [-0.2, 0) is 0 Å². The van der Waals surface area contributed by atoms with E-state index in [-0.39, 0.29) is 17.2 Å². The normalized spacial score (nSPS) is 14.5. The quantitative estimate of drug-likeness (QED) is 0.542. The molecule has 0 unspecified atom stereocenters. The van der Waals surface area contributed by atoms with Crippen LogP contribution in [0.15, 0.2) is 11.4 Å². The Morgan fingerprint density at radius 2 is 1.55 bits per heavy atom. The summed E-state index contributed by atoms with van der Waals surface area (Å²) in [6.07, 6.45) is 0. The highest BCUT2D eigenvalue weighted by Crippen LogP contribution is 2.33. The van der Waals surface area contributed by atoms with Crippen LogP contribution in [0.5, 0.6) is 0 Å². The number of halogens is 1. The number of allylic oxidation sites excluding steroid dienone is 2. The molecule has 0 spiro atoms. The van der Waals surface area contributed by atoms with Gasteiger partial charge in [0.25, 0.3) is 0 Å². The minimum absolute atomic E-state index is 0.0208. The molecular weight excluding hydrogens is 139 g/mol. The fraction of sp³-hybridized carbons (Fsp3) is 0.800. The summed E-state index contributed by atoms with van der Waals surface area (Å²) in [4.78, 5) is 0. The Morgan fingerprint density at radius 3 is 1.64 bits per heavy atom. The zero-order valence-corrected chi connectivity index (χ0v) is 8.46. The number of hydrogen-bond acceptors (Lipinski definition) is 0. The van der Waals surface area contributed by atoms with Crippen molar-refractivity contribution in [2.75, 3.05) is 0 Å². The van der Waals surface area contributed by atoms with E-state index in [1.165, 1.54) is 0 Å². The molecule has 0 saturated carbocycles. The van der Waals surface area contributed by atoms with Gasteiger partial charge >= 0.3 is 0 Å². The molecule has 0 saturated heterocycles. The molecule has 11 heavy (non-hydrogen) atoms. The molecule has 0 aliphatic heterocycles. The Bertz CT molecular complexity index is 156. The van der Waals surface area contributed by atoms with Gasteiger partial charge < -0.3 is 0 Å². The van der Waals surface area contributed by atoms with E-state index in [9.17, 15) is 4.39 Å².